The van der Waals surface area contributed by atoms with E-state index in [-0.39, 0.29) is 18.6 Å². The molecular formula is C18H25IN2O4. The molecule has 1 N–H and O–H groups in total. The highest BCUT2D eigenvalue weighted by Crippen LogP contribution is 2.15. The highest BCUT2D eigenvalue weighted by atomic mass is 127. The van der Waals surface area contributed by atoms with Crippen molar-refractivity contribution >= 4 is 34.6 Å². The summed E-state index contributed by atoms with van der Waals surface area (Å²) in [6.45, 7) is 6.64. The molecule has 6 nitrogen and oxygen atoms in total. The van der Waals surface area contributed by atoms with Crippen LogP contribution in [0.15, 0.2) is 24.3 Å². The average Bonchev–Trinajstić information content (AvgIpc) is 2.52. The Balaban J connectivity index is 1.80. The van der Waals surface area contributed by atoms with Crippen LogP contribution in [0.25, 0.3) is 0 Å². The smallest absolute Gasteiger partial charge is 0.407 e. The lowest BCUT2D eigenvalue weighted by atomic mass is 10.1. The van der Waals surface area contributed by atoms with Crippen LogP contribution in [0.1, 0.15) is 33.6 Å². The molecule has 0 bridgehead atoms. The second kappa shape index (κ2) is 8.73. The van der Waals surface area contributed by atoms with Gasteiger partial charge in [0, 0.05) is 22.7 Å². The summed E-state index contributed by atoms with van der Waals surface area (Å²) in [5.74, 6) is 0.600. The Morgan fingerprint density at radius 1 is 1.28 bits per heavy atom. The molecule has 0 unspecified atom stereocenters. The van der Waals surface area contributed by atoms with Crippen molar-refractivity contribution in [1.29, 1.82) is 0 Å². The highest BCUT2D eigenvalue weighted by Gasteiger charge is 2.26. The number of ether oxygens (including phenoxy) is 2. The van der Waals surface area contributed by atoms with Gasteiger partial charge < -0.3 is 19.7 Å². The van der Waals surface area contributed by atoms with Gasteiger partial charge in [0.1, 0.15) is 11.4 Å². The second-order valence-electron chi connectivity index (χ2n) is 7.07. The van der Waals surface area contributed by atoms with Crippen LogP contribution < -0.4 is 10.1 Å². The largest absolute Gasteiger partial charge is 0.484 e. The van der Waals surface area contributed by atoms with Gasteiger partial charge in [0.15, 0.2) is 6.61 Å². The molecule has 0 spiro atoms. The standard InChI is InChI=1S/C18H25IN2O4/c1-18(2,3)25-17(23)20-14-5-4-10-21(11-14)16(22)12-24-15-8-6-13(19)7-9-15/h6-9,14H,4-5,10-12H2,1-3H3,(H,20,23)/t14-/m1/s1. The maximum atomic E-state index is 12.4. The van der Waals surface area contributed by atoms with Gasteiger partial charge in [-0.05, 0) is 80.5 Å². The van der Waals surface area contributed by atoms with Gasteiger partial charge in [0.25, 0.3) is 5.91 Å². The van der Waals surface area contributed by atoms with E-state index in [2.05, 4.69) is 27.9 Å². The number of amides is 2. The van der Waals surface area contributed by atoms with Crippen molar-refractivity contribution in [3.05, 3.63) is 27.8 Å². The summed E-state index contributed by atoms with van der Waals surface area (Å²) in [6, 6.07) is 7.46. The first-order chi connectivity index (χ1) is 11.7. The van der Waals surface area contributed by atoms with Crippen LogP contribution in [0, 0.1) is 3.57 Å². The van der Waals surface area contributed by atoms with Crippen molar-refractivity contribution < 1.29 is 19.1 Å². The second-order valence-corrected chi connectivity index (χ2v) is 8.31. The summed E-state index contributed by atoms with van der Waals surface area (Å²) in [7, 11) is 0. The van der Waals surface area contributed by atoms with Crippen LogP contribution in [-0.4, -0.2) is 48.2 Å². The lowest BCUT2D eigenvalue weighted by Gasteiger charge is -2.33. The number of halogens is 1. The predicted octanol–water partition coefficient (Wildman–Crippen LogP) is 3.19. The number of alkyl carbamates (subject to hydrolysis) is 1. The summed E-state index contributed by atoms with van der Waals surface area (Å²) in [6.07, 6.45) is 1.23. The van der Waals surface area contributed by atoms with Crippen LogP contribution in [0.2, 0.25) is 0 Å². The highest BCUT2D eigenvalue weighted by molar-refractivity contribution is 14.1. The molecule has 1 aliphatic rings. The zero-order valence-electron chi connectivity index (χ0n) is 14.9. The molecule has 7 heteroatoms. The SMILES string of the molecule is CC(C)(C)OC(=O)N[C@@H]1CCCN(C(=O)COc2ccc(I)cc2)C1. The number of likely N-dealkylation sites (tertiary alicyclic amines) is 1. The number of nitrogens with one attached hydrogen (secondary N) is 1. The van der Waals surface area contributed by atoms with Crippen LogP contribution in [0.5, 0.6) is 5.75 Å². The van der Waals surface area contributed by atoms with Crippen LogP contribution in [0.3, 0.4) is 0 Å². The Bertz CT molecular complexity index is 598. The molecule has 1 aromatic rings. The van der Waals surface area contributed by atoms with Gasteiger partial charge >= 0.3 is 6.09 Å². The fraction of sp³-hybridized carbons (Fsp3) is 0.556. The van der Waals surface area contributed by atoms with E-state index in [1.807, 2.05) is 45.0 Å². The zero-order chi connectivity index (χ0) is 18.4. The van der Waals surface area contributed by atoms with Crippen molar-refractivity contribution in [3.63, 3.8) is 0 Å². The third-order valence-corrected chi connectivity index (χ3v) is 4.39. The first-order valence-corrected chi connectivity index (χ1v) is 9.46. The third kappa shape index (κ3) is 7.09. The number of piperidine rings is 1. The van der Waals surface area contributed by atoms with Crippen LogP contribution in [-0.2, 0) is 9.53 Å². The lowest BCUT2D eigenvalue weighted by Crippen LogP contribution is -2.51. The molecule has 1 aliphatic heterocycles. The molecule has 1 fully saturated rings. The Kier molecular flexibility index (Phi) is 6.92. The van der Waals surface area contributed by atoms with E-state index in [1.54, 1.807) is 4.90 Å². The topological polar surface area (TPSA) is 67.9 Å². The van der Waals surface area contributed by atoms with Crippen molar-refractivity contribution in [3.8, 4) is 5.75 Å². The van der Waals surface area contributed by atoms with Crippen LogP contribution >= 0.6 is 22.6 Å². The molecule has 1 atom stereocenters. The van der Waals surface area contributed by atoms with Gasteiger partial charge in [-0.25, -0.2) is 4.79 Å². The first-order valence-electron chi connectivity index (χ1n) is 8.38. The third-order valence-electron chi connectivity index (χ3n) is 3.67. The number of hydrogen-bond donors (Lipinski definition) is 1. The molecule has 1 heterocycles. The minimum absolute atomic E-state index is 0.000248. The molecule has 138 valence electrons. The molecule has 1 aromatic carbocycles. The summed E-state index contributed by atoms with van der Waals surface area (Å²) < 4.78 is 11.9. The molecule has 0 saturated carbocycles. The van der Waals surface area contributed by atoms with Crippen LogP contribution in [0.4, 0.5) is 4.79 Å². The fourth-order valence-electron chi connectivity index (χ4n) is 2.56. The van der Waals surface area contributed by atoms with E-state index < -0.39 is 11.7 Å². The minimum atomic E-state index is -0.532. The summed E-state index contributed by atoms with van der Waals surface area (Å²) in [4.78, 5) is 26.0. The molecule has 0 aromatic heterocycles. The van der Waals surface area contributed by atoms with Gasteiger partial charge in [0.05, 0.1) is 0 Å². The van der Waals surface area contributed by atoms with Gasteiger partial charge in [-0.2, -0.15) is 0 Å². The van der Waals surface area contributed by atoms with E-state index in [9.17, 15) is 9.59 Å². The van der Waals surface area contributed by atoms with Crippen molar-refractivity contribution in [2.45, 2.75) is 45.3 Å². The lowest BCUT2D eigenvalue weighted by molar-refractivity contribution is -0.134. The number of rotatable bonds is 4. The Morgan fingerprint density at radius 2 is 1.96 bits per heavy atom. The summed E-state index contributed by atoms with van der Waals surface area (Å²) >= 11 is 2.22. The Hall–Kier alpha value is -1.51. The van der Waals surface area contributed by atoms with Crippen molar-refractivity contribution in [2.75, 3.05) is 19.7 Å². The fourth-order valence-corrected chi connectivity index (χ4v) is 2.92. The minimum Gasteiger partial charge on any atom is -0.484 e. The molecule has 2 rings (SSSR count). The van der Waals surface area contributed by atoms with E-state index in [0.29, 0.717) is 18.8 Å². The maximum Gasteiger partial charge on any atom is 0.407 e. The number of benzene rings is 1. The van der Waals surface area contributed by atoms with Gasteiger partial charge in [-0.15, -0.1) is 0 Å². The summed E-state index contributed by atoms with van der Waals surface area (Å²) in [5, 5.41) is 2.84. The molecule has 0 radical (unpaired) electrons. The maximum absolute atomic E-state index is 12.4. The molecular weight excluding hydrogens is 435 g/mol. The van der Waals surface area contributed by atoms with E-state index >= 15 is 0 Å². The normalized spacial score (nSPS) is 17.8. The molecule has 1 saturated heterocycles. The molecule has 25 heavy (non-hydrogen) atoms. The Morgan fingerprint density at radius 3 is 2.60 bits per heavy atom. The quantitative estimate of drug-likeness (QED) is 0.702. The molecule has 0 aliphatic carbocycles. The summed E-state index contributed by atoms with van der Waals surface area (Å²) in [5.41, 5.74) is -0.532. The monoisotopic (exact) mass is 460 g/mol. The average molecular weight is 460 g/mol. The Labute approximate surface area is 162 Å². The molecule has 2 amide bonds. The van der Waals surface area contributed by atoms with Gasteiger partial charge in [-0.1, -0.05) is 0 Å². The van der Waals surface area contributed by atoms with Gasteiger partial charge in [-0.3, -0.25) is 4.79 Å². The number of hydrogen-bond acceptors (Lipinski definition) is 4. The van der Waals surface area contributed by atoms with E-state index in [0.717, 1.165) is 16.4 Å². The van der Waals surface area contributed by atoms with Crippen molar-refractivity contribution in [1.82, 2.24) is 10.2 Å². The van der Waals surface area contributed by atoms with E-state index in [4.69, 9.17) is 9.47 Å². The van der Waals surface area contributed by atoms with Crippen molar-refractivity contribution in [2.24, 2.45) is 0 Å². The first kappa shape index (κ1) is 19.8. The number of carbonyl (C=O) groups excluding carboxylic acids is 2. The zero-order valence-corrected chi connectivity index (χ0v) is 17.0. The number of carbonyl (C=O) groups is 2. The van der Waals surface area contributed by atoms with Gasteiger partial charge in [0.2, 0.25) is 0 Å². The van der Waals surface area contributed by atoms with E-state index in [1.165, 1.54) is 0 Å². The predicted molar refractivity (Wildman–Crippen MR) is 104 cm³/mol. The number of nitrogens with zero attached hydrogens (tertiary/aromatic N) is 1.